The van der Waals surface area contributed by atoms with Crippen LogP contribution in [0.4, 0.5) is 0 Å². The third-order valence-electron chi connectivity index (χ3n) is 4.08. The van der Waals surface area contributed by atoms with Gasteiger partial charge in [-0.1, -0.05) is 12.1 Å². The van der Waals surface area contributed by atoms with Gasteiger partial charge >= 0.3 is 0 Å². The normalized spacial score (nSPS) is 23.8. The minimum atomic E-state index is 0.603. The van der Waals surface area contributed by atoms with Crippen LogP contribution in [0.3, 0.4) is 0 Å². The molecular weight excluding hydrogens is 248 g/mol. The molecule has 1 N–H and O–H groups in total. The molecular formula is C17H28N2O. The summed E-state index contributed by atoms with van der Waals surface area (Å²) < 4.78 is 5.93. The van der Waals surface area contributed by atoms with Gasteiger partial charge in [-0.05, 0) is 51.3 Å². The van der Waals surface area contributed by atoms with Crippen LogP contribution in [0.1, 0.15) is 31.4 Å². The molecule has 0 bridgehead atoms. The van der Waals surface area contributed by atoms with Crippen LogP contribution in [0.15, 0.2) is 18.2 Å². The second kappa shape index (κ2) is 7.09. The Morgan fingerprint density at radius 2 is 2.10 bits per heavy atom. The van der Waals surface area contributed by atoms with Gasteiger partial charge in [0.15, 0.2) is 0 Å². The molecule has 0 spiro atoms. The van der Waals surface area contributed by atoms with E-state index in [0.29, 0.717) is 12.1 Å². The van der Waals surface area contributed by atoms with Crippen molar-refractivity contribution in [1.82, 2.24) is 10.2 Å². The number of piperazine rings is 1. The predicted octanol–water partition coefficient (Wildman–Crippen LogP) is 2.75. The van der Waals surface area contributed by atoms with E-state index in [9.17, 15) is 0 Å². The van der Waals surface area contributed by atoms with E-state index in [-0.39, 0.29) is 0 Å². The van der Waals surface area contributed by atoms with Crippen LogP contribution < -0.4 is 10.1 Å². The number of nitrogens with zero attached hydrogens (tertiary/aromatic N) is 1. The molecule has 1 aliphatic rings. The van der Waals surface area contributed by atoms with E-state index < -0.39 is 0 Å². The summed E-state index contributed by atoms with van der Waals surface area (Å²) in [7, 11) is 0. The summed E-state index contributed by atoms with van der Waals surface area (Å²) in [6.07, 6.45) is 1.09. The Morgan fingerprint density at radius 1 is 1.30 bits per heavy atom. The lowest BCUT2D eigenvalue weighted by Gasteiger charge is -2.37. The van der Waals surface area contributed by atoms with Crippen molar-refractivity contribution in [3.05, 3.63) is 29.3 Å². The maximum atomic E-state index is 5.93. The highest BCUT2D eigenvalue weighted by atomic mass is 16.5. The predicted molar refractivity (Wildman–Crippen MR) is 84.5 cm³/mol. The smallest absolute Gasteiger partial charge is 0.122 e. The molecule has 0 saturated carbocycles. The van der Waals surface area contributed by atoms with Gasteiger partial charge in [0, 0.05) is 31.7 Å². The first-order chi connectivity index (χ1) is 9.56. The zero-order valence-electron chi connectivity index (χ0n) is 13.3. The third kappa shape index (κ3) is 4.22. The van der Waals surface area contributed by atoms with E-state index in [1.54, 1.807) is 0 Å². The zero-order chi connectivity index (χ0) is 14.5. The van der Waals surface area contributed by atoms with Gasteiger partial charge in [0.2, 0.25) is 0 Å². The zero-order valence-corrected chi connectivity index (χ0v) is 13.3. The molecule has 1 aromatic carbocycles. The van der Waals surface area contributed by atoms with E-state index in [1.165, 1.54) is 11.1 Å². The SMILES string of the molecule is Cc1ccc(C)c(OCCCN2CC(C)NCC2C)c1. The van der Waals surface area contributed by atoms with Crippen LogP contribution in [0, 0.1) is 13.8 Å². The van der Waals surface area contributed by atoms with E-state index in [2.05, 4.69) is 56.1 Å². The van der Waals surface area contributed by atoms with Crippen LogP contribution in [0.5, 0.6) is 5.75 Å². The Kier molecular flexibility index (Phi) is 5.44. The summed E-state index contributed by atoms with van der Waals surface area (Å²) in [4.78, 5) is 2.56. The lowest BCUT2D eigenvalue weighted by atomic mass is 10.1. The first kappa shape index (κ1) is 15.3. The van der Waals surface area contributed by atoms with Crippen LogP contribution in [0.25, 0.3) is 0 Å². The first-order valence-electron chi connectivity index (χ1n) is 7.73. The van der Waals surface area contributed by atoms with Crippen LogP contribution in [0.2, 0.25) is 0 Å². The summed E-state index contributed by atoms with van der Waals surface area (Å²) in [5.41, 5.74) is 2.48. The average molecular weight is 276 g/mol. The van der Waals surface area contributed by atoms with Crippen LogP contribution in [-0.2, 0) is 0 Å². The number of hydrogen-bond donors (Lipinski definition) is 1. The molecule has 1 aliphatic heterocycles. The monoisotopic (exact) mass is 276 g/mol. The van der Waals surface area contributed by atoms with Crippen molar-refractivity contribution in [3.63, 3.8) is 0 Å². The molecule has 0 aliphatic carbocycles. The molecule has 0 amide bonds. The van der Waals surface area contributed by atoms with Crippen molar-refractivity contribution in [1.29, 1.82) is 0 Å². The summed E-state index contributed by atoms with van der Waals surface area (Å²) in [5, 5.41) is 3.52. The Balaban J connectivity index is 1.74. The third-order valence-corrected chi connectivity index (χ3v) is 4.08. The van der Waals surface area contributed by atoms with Crippen molar-refractivity contribution in [2.24, 2.45) is 0 Å². The number of rotatable bonds is 5. The average Bonchev–Trinajstić information content (AvgIpc) is 2.42. The van der Waals surface area contributed by atoms with Crippen molar-refractivity contribution in [2.45, 2.75) is 46.2 Å². The molecule has 3 nitrogen and oxygen atoms in total. The molecule has 1 heterocycles. The Labute approximate surface area is 123 Å². The van der Waals surface area contributed by atoms with E-state index in [0.717, 1.165) is 38.4 Å². The largest absolute Gasteiger partial charge is 0.493 e. The number of ether oxygens (including phenoxy) is 1. The fourth-order valence-electron chi connectivity index (χ4n) is 2.72. The van der Waals surface area contributed by atoms with Gasteiger partial charge < -0.3 is 10.1 Å². The van der Waals surface area contributed by atoms with E-state index in [4.69, 9.17) is 4.74 Å². The maximum absolute atomic E-state index is 5.93. The highest BCUT2D eigenvalue weighted by Crippen LogP contribution is 2.19. The molecule has 2 rings (SSSR count). The fraction of sp³-hybridized carbons (Fsp3) is 0.647. The summed E-state index contributed by atoms with van der Waals surface area (Å²) in [5.74, 6) is 1.03. The van der Waals surface area contributed by atoms with Crippen molar-refractivity contribution in [3.8, 4) is 5.75 Å². The Morgan fingerprint density at radius 3 is 2.90 bits per heavy atom. The van der Waals surface area contributed by atoms with Gasteiger partial charge in [-0.2, -0.15) is 0 Å². The van der Waals surface area contributed by atoms with Crippen LogP contribution >= 0.6 is 0 Å². The van der Waals surface area contributed by atoms with Gasteiger partial charge in [-0.3, -0.25) is 4.90 Å². The highest BCUT2D eigenvalue weighted by Gasteiger charge is 2.21. The Hall–Kier alpha value is -1.06. The van der Waals surface area contributed by atoms with Crippen LogP contribution in [-0.4, -0.2) is 43.2 Å². The maximum Gasteiger partial charge on any atom is 0.122 e. The molecule has 1 aromatic rings. The topological polar surface area (TPSA) is 24.5 Å². The van der Waals surface area contributed by atoms with E-state index in [1.807, 2.05) is 0 Å². The first-order valence-corrected chi connectivity index (χ1v) is 7.73. The lowest BCUT2D eigenvalue weighted by Crippen LogP contribution is -2.54. The van der Waals surface area contributed by atoms with Gasteiger partial charge in [0.05, 0.1) is 6.61 Å². The van der Waals surface area contributed by atoms with Gasteiger partial charge in [-0.25, -0.2) is 0 Å². The standard InChI is InChI=1S/C17H28N2O/c1-13-6-7-14(2)17(10-13)20-9-5-8-19-12-15(3)18-11-16(19)4/h6-7,10,15-16,18H,5,8-9,11-12H2,1-4H3. The lowest BCUT2D eigenvalue weighted by molar-refractivity contribution is 0.136. The molecule has 0 radical (unpaired) electrons. The van der Waals surface area contributed by atoms with Crippen molar-refractivity contribution >= 4 is 0 Å². The molecule has 2 atom stereocenters. The van der Waals surface area contributed by atoms with Gasteiger partial charge in [-0.15, -0.1) is 0 Å². The van der Waals surface area contributed by atoms with Crippen molar-refractivity contribution < 1.29 is 4.74 Å². The molecule has 0 aromatic heterocycles. The fourth-order valence-corrected chi connectivity index (χ4v) is 2.72. The highest BCUT2D eigenvalue weighted by molar-refractivity contribution is 5.35. The quantitative estimate of drug-likeness (QED) is 0.837. The van der Waals surface area contributed by atoms with Crippen molar-refractivity contribution in [2.75, 3.05) is 26.2 Å². The molecule has 1 saturated heterocycles. The summed E-state index contributed by atoms with van der Waals surface area (Å²) in [6.45, 7) is 12.9. The number of hydrogen-bond acceptors (Lipinski definition) is 3. The number of benzene rings is 1. The second-order valence-corrected chi connectivity index (χ2v) is 6.12. The molecule has 20 heavy (non-hydrogen) atoms. The minimum Gasteiger partial charge on any atom is -0.493 e. The summed E-state index contributed by atoms with van der Waals surface area (Å²) >= 11 is 0. The number of aryl methyl sites for hydroxylation is 2. The molecule has 2 unspecified atom stereocenters. The molecule has 112 valence electrons. The Bertz CT molecular complexity index is 433. The number of nitrogens with one attached hydrogen (secondary N) is 1. The minimum absolute atomic E-state index is 0.603. The summed E-state index contributed by atoms with van der Waals surface area (Å²) in [6, 6.07) is 7.62. The molecule has 1 fully saturated rings. The second-order valence-electron chi connectivity index (χ2n) is 6.12. The van der Waals surface area contributed by atoms with E-state index >= 15 is 0 Å². The van der Waals surface area contributed by atoms with Gasteiger partial charge in [0.25, 0.3) is 0 Å². The van der Waals surface area contributed by atoms with Gasteiger partial charge in [0.1, 0.15) is 5.75 Å². The molecule has 3 heteroatoms.